The Morgan fingerprint density at radius 2 is 1.00 bits per heavy atom. The van der Waals surface area contributed by atoms with Crippen LogP contribution in [-0.4, -0.2) is 59.3 Å². The highest BCUT2D eigenvalue weighted by Gasteiger charge is 2.46. The first-order valence-corrected chi connectivity index (χ1v) is 23.5. The topological polar surface area (TPSA) is 83.5 Å². The zero-order chi connectivity index (χ0) is 42.5. The molecule has 7 heteroatoms. The van der Waals surface area contributed by atoms with Crippen molar-refractivity contribution in [3.05, 3.63) is 35.9 Å². The standard InChI is InChI=1S/C29H44O4.C22H40O3/c1-5-7-8-9-10-11-12-13-14-15-16-20-23-26-27(33-29(3,4)32-26)25(6-2)31-28(30)24-21-18-17-19-22-24;1-5-7-8-9-10-11-12-13-14-15-16-17-18-20-21(19(23)6-2)25-22(3,4)24-20/h17-19,21-22,25-27H,5-10,13-16,20,23H2,1-4H3;19-21,23H,5-10,13-18H2,1-4H3/t25-,26+,27-;19-,20-,21-/m00/s1. The van der Waals surface area contributed by atoms with Gasteiger partial charge in [-0.05, 0) is 91.2 Å². The van der Waals surface area contributed by atoms with E-state index in [0.717, 1.165) is 64.2 Å². The first-order chi connectivity index (χ1) is 28.0. The third-order valence-electron chi connectivity index (χ3n) is 10.9. The maximum absolute atomic E-state index is 12.6. The number of esters is 1. The summed E-state index contributed by atoms with van der Waals surface area (Å²) in [5.74, 6) is 11.7. The molecule has 0 unspecified atom stereocenters. The van der Waals surface area contributed by atoms with Gasteiger partial charge in [-0.3, -0.25) is 0 Å². The molecule has 0 spiro atoms. The van der Waals surface area contributed by atoms with E-state index in [-0.39, 0.29) is 36.5 Å². The fraction of sp³-hybridized carbons (Fsp3) is 0.784. The predicted octanol–water partition coefficient (Wildman–Crippen LogP) is 13.0. The number of unbranched alkanes of at least 4 members (excludes halogenated alkanes) is 16. The third kappa shape index (κ3) is 22.3. The Balaban J connectivity index is 0.000000416. The van der Waals surface area contributed by atoms with E-state index in [1.54, 1.807) is 12.1 Å². The van der Waals surface area contributed by atoms with Crippen molar-refractivity contribution in [2.45, 2.75) is 258 Å². The fourth-order valence-electron chi connectivity index (χ4n) is 7.67. The molecule has 2 aliphatic heterocycles. The number of aliphatic hydroxyl groups is 1. The maximum Gasteiger partial charge on any atom is 0.338 e. The number of rotatable bonds is 26. The Bertz CT molecular complexity index is 1320. The number of carbonyl (C=O) groups excluding carboxylic acids is 1. The van der Waals surface area contributed by atoms with Crippen LogP contribution in [0.4, 0.5) is 0 Å². The summed E-state index contributed by atoms with van der Waals surface area (Å²) in [4.78, 5) is 12.6. The van der Waals surface area contributed by atoms with Crippen LogP contribution in [-0.2, 0) is 23.7 Å². The molecule has 6 atom stereocenters. The number of benzene rings is 1. The van der Waals surface area contributed by atoms with Gasteiger partial charge in [-0.25, -0.2) is 4.79 Å². The molecule has 2 saturated heterocycles. The highest BCUT2D eigenvalue weighted by atomic mass is 16.8. The summed E-state index contributed by atoms with van der Waals surface area (Å²) < 4.78 is 30.1. The maximum atomic E-state index is 12.6. The summed E-state index contributed by atoms with van der Waals surface area (Å²) in [5.41, 5.74) is 0.565. The first-order valence-electron chi connectivity index (χ1n) is 23.5. The van der Waals surface area contributed by atoms with Gasteiger partial charge >= 0.3 is 5.97 Å². The summed E-state index contributed by atoms with van der Waals surface area (Å²) in [5, 5.41) is 10.1. The molecule has 0 aliphatic carbocycles. The summed E-state index contributed by atoms with van der Waals surface area (Å²) in [6, 6.07) is 9.14. The fourth-order valence-corrected chi connectivity index (χ4v) is 7.67. The largest absolute Gasteiger partial charge is 0.456 e. The van der Waals surface area contributed by atoms with Crippen LogP contribution >= 0.6 is 0 Å². The van der Waals surface area contributed by atoms with E-state index < -0.39 is 17.7 Å². The molecule has 2 heterocycles. The van der Waals surface area contributed by atoms with E-state index in [2.05, 4.69) is 37.5 Å². The molecule has 0 amide bonds. The van der Waals surface area contributed by atoms with Gasteiger partial charge < -0.3 is 28.8 Å². The normalized spacial score (nSPS) is 21.5. The number of aliphatic hydroxyl groups excluding tert-OH is 1. The van der Waals surface area contributed by atoms with Crippen LogP contribution in [0.25, 0.3) is 0 Å². The minimum Gasteiger partial charge on any atom is -0.456 e. The lowest BCUT2D eigenvalue weighted by atomic mass is 9.99. The lowest BCUT2D eigenvalue weighted by Gasteiger charge is -2.26. The van der Waals surface area contributed by atoms with Crippen molar-refractivity contribution < 1.29 is 33.6 Å². The smallest absolute Gasteiger partial charge is 0.338 e. The van der Waals surface area contributed by atoms with E-state index in [4.69, 9.17) is 23.7 Å². The monoisotopic (exact) mass is 809 g/mol. The minimum absolute atomic E-state index is 0.0212. The van der Waals surface area contributed by atoms with E-state index in [9.17, 15) is 9.90 Å². The summed E-state index contributed by atoms with van der Waals surface area (Å²) >= 11 is 0. The second-order valence-electron chi connectivity index (χ2n) is 17.2. The number of hydrogen-bond donors (Lipinski definition) is 1. The average molecular weight is 809 g/mol. The van der Waals surface area contributed by atoms with Gasteiger partial charge in [0.2, 0.25) is 0 Å². The van der Waals surface area contributed by atoms with Crippen LogP contribution in [0.1, 0.15) is 220 Å². The molecule has 0 radical (unpaired) electrons. The predicted molar refractivity (Wildman–Crippen MR) is 238 cm³/mol. The first kappa shape index (κ1) is 51.8. The van der Waals surface area contributed by atoms with Gasteiger partial charge in [0.1, 0.15) is 18.3 Å². The van der Waals surface area contributed by atoms with Crippen LogP contribution < -0.4 is 0 Å². The van der Waals surface area contributed by atoms with Gasteiger partial charge in [0, 0.05) is 25.7 Å². The molecule has 2 fully saturated rings. The molecule has 1 aromatic rings. The lowest BCUT2D eigenvalue weighted by Crippen LogP contribution is -2.38. The van der Waals surface area contributed by atoms with Crippen molar-refractivity contribution in [3.8, 4) is 23.7 Å². The molecule has 0 bridgehead atoms. The van der Waals surface area contributed by atoms with Crippen LogP contribution in [0.2, 0.25) is 0 Å². The highest BCUT2D eigenvalue weighted by Crippen LogP contribution is 2.35. The molecule has 7 nitrogen and oxygen atoms in total. The van der Waals surface area contributed by atoms with E-state index in [0.29, 0.717) is 18.4 Å². The molecule has 2 aliphatic rings. The quantitative estimate of drug-likeness (QED) is 0.0567. The van der Waals surface area contributed by atoms with Crippen LogP contribution in [0.5, 0.6) is 0 Å². The van der Waals surface area contributed by atoms with Gasteiger partial charge in [-0.15, -0.1) is 23.7 Å². The molecule has 0 aromatic heterocycles. The van der Waals surface area contributed by atoms with E-state index in [1.807, 2.05) is 59.7 Å². The van der Waals surface area contributed by atoms with Crippen molar-refractivity contribution in [1.29, 1.82) is 0 Å². The molecule has 330 valence electrons. The second kappa shape index (κ2) is 30.6. The van der Waals surface area contributed by atoms with E-state index in [1.165, 1.54) is 77.0 Å². The van der Waals surface area contributed by atoms with Gasteiger partial charge in [-0.2, -0.15) is 0 Å². The Kier molecular flexibility index (Phi) is 27.3. The van der Waals surface area contributed by atoms with E-state index >= 15 is 0 Å². The van der Waals surface area contributed by atoms with Gasteiger partial charge in [0.25, 0.3) is 0 Å². The number of carbonyl (C=O) groups is 1. The third-order valence-corrected chi connectivity index (χ3v) is 10.9. The Morgan fingerprint density at radius 3 is 1.43 bits per heavy atom. The van der Waals surface area contributed by atoms with Crippen molar-refractivity contribution in [2.24, 2.45) is 0 Å². The van der Waals surface area contributed by atoms with Crippen molar-refractivity contribution in [2.75, 3.05) is 0 Å². The summed E-state index contributed by atoms with van der Waals surface area (Å²) in [7, 11) is 0. The number of hydrogen-bond acceptors (Lipinski definition) is 7. The summed E-state index contributed by atoms with van der Waals surface area (Å²) in [6.45, 7) is 16.2. The molecule has 1 N–H and O–H groups in total. The molecular formula is C51H84O7. The lowest BCUT2D eigenvalue weighted by molar-refractivity contribution is -0.156. The van der Waals surface area contributed by atoms with Crippen LogP contribution in [0, 0.1) is 23.7 Å². The molecule has 0 saturated carbocycles. The Morgan fingerprint density at radius 1 is 0.586 bits per heavy atom. The SMILES string of the molecule is CCCCCCC#CCCCCCC[C@@H]1OC(C)(C)O[C@H]1[C@@H](O)CC.CCCCCCC#CCCCCCC[C@H]1OC(C)(C)O[C@H]1[C@H](CC)OC(=O)c1ccccc1. The zero-order valence-corrected chi connectivity index (χ0v) is 38.2. The highest BCUT2D eigenvalue weighted by molar-refractivity contribution is 5.89. The Labute approximate surface area is 355 Å². The van der Waals surface area contributed by atoms with Crippen molar-refractivity contribution in [3.63, 3.8) is 0 Å². The van der Waals surface area contributed by atoms with Crippen LogP contribution in [0.3, 0.4) is 0 Å². The van der Waals surface area contributed by atoms with Crippen molar-refractivity contribution in [1.82, 2.24) is 0 Å². The molecule has 58 heavy (non-hydrogen) atoms. The number of ether oxygens (including phenoxy) is 5. The zero-order valence-electron chi connectivity index (χ0n) is 38.2. The van der Waals surface area contributed by atoms with Gasteiger partial charge in [0.15, 0.2) is 11.6 Å². The molecule has 1 aromatic carbocycles. The second-order valence-corrected chi connectivity index (χ2v) is 17.2. The molecular weight excluding hydrogens is 725 g/mol. The van der Waals surface area contributed by atoms with Crippen LogP contribution in [0.15, 0.2) is 30.3 Å². The van der Waals surface area contributed by atoms with Gasteiger partial charge in [0.05, 0.1) is 23.9 Å². The summed E-state index contributed by atoms with van der Waals surface area (Å²) in [6.07, 6.45) is 25.9. The average Bonchev–Trinajstić information content (AvgIpc) is 3.70. The van der Waals surface area contributed by atoms with Crippen molar-refractivity contribution >= 4 is 5.97 Å². The van der Waals surface area contributed by atoms with Gasteiger partial charge in [-0.1, -0.05) is 123 Å². The molecule has 3 rings (SSSR count). The Hall–Kier alpha value is -2.39. The minimum atomic E-state index is -0.658.